The fourth-order valence-electron chi connectivity index (χ4n) is 2.92. The summed E-state index contributed by atoms with van der Waals surface area (Å²) in [5.74, 6) is 3.86. The van der Waals surface area contributed by atoms with Crippen LogP contribution in [0.2, 0.25) is 0 Å². The van der Waals surface area contributed by atoms with E-state index in [-0.39, 0.29) is 0 Å². The van der Waals surface area contributed by atoms with E-state index >= 15 is 0 Å². The van der Waals surface area contributed by atoms with Gasteiger partial charge >= 0.3 is 0 Å². The van der Waals surface area contributed by atoms with Gasteiger partial charge in [0.05, 0.1) is 12.3 Å². The molecule has 1 aliphatic rings. The van der Waals surface area contributed by atoms with Crippen LogP contribution in [-0.2, 0) is 12.3 Å². The zero-order valence-corrected chi connectivity index (χ0v) is 13.0. The molecule has 1 aromatic heterocycles. The van der Waals surface area contributed by atoms with Crippen LogP contribution >= 0.6 is 11.8 Å². The van der Waals surface area contributed by atoms with Crippen molar-refractivity contribution in [1.82, 2.24) is 5.32 Å². The molecular weight excluding hydrogens is 242 g/mol. The average molecular weight is 267 g/mol. The lowest BCUT2D eigenvalue weighted by Gasteiger charge is -2.04. The molecule has 0 atom stereocenters. The highest BCUT2D eigenvalue weighted by Crippen LogP contribution is 2.67. The van der Waals surface area contributed by atoms with E-state index in [1.165, 1.54) is 0 Å². The third-order valence-electron chi connectivity index (χ3n) is 4.97. The summed E-state index contributed by atoms with van der Waals surface area (Å²) in [6.45, 7) is 11.4. The Hall–Kier alpha value is -0.410. The highest BCUT2D eigenvalue weighted by atomic mass is 32.2. The Morgan fingerprint density at radius 2 is 1.78 bits per heavy atom. The molecule has 18 heavy (non-hydrogen) atoms. The van der Waals surface area contributed by atoms with Gasteiger partial charge in [-0.1, -0.05) is 27.7 Å². The Morgan fingerprint density at radius 1 is 1.17 bits per heavy atom. The van der Waals surface area contributed by atoms with Crippen molar-refractivity contribution in [2.45, 2.75) is 40.0 Å². The van der Waals surface area contributed by atoms with E-state index in [0.29, 0.717) is 10.8 Å². The topological polar surface area (TPSA) is 25.2 Å². The minimum atomic E-state index is 0.465. The number of hydrogen-bond donors (Lipinski definition) is 1. The second kappa shape index (κ2) is 4.93. The van der Waals surface area contributed by atoms with Crippen molar-refractivity contribution < 1.29 is 4.42 Å². The first-order chi connectivity index (χ1) is 8.39. The van der Waals surface area contributed by atoms with E-state index in [1.54, 1.807) is 11.8 Å². The maximum atomic E-state index is 5.75. The summed E-state index contributed by atoms with van der Waals surface area (Å²) < 4.78 is 5.75. The normalized spacial score (nSPS) is 21.2. The van der Waals surface area contributed by atoms with Crippen LogP contribution in [0.15, 0.2) is 16.5 Å². The Kier molecular flexibility index (Phi) is 3.84. The van der Waals surface area contributed by atoms with Gasteiger partial charge in [-0.25, -0.2) is 0 Å². The molecule has 0 amide bonds. The molecule has 0 radical (unpaired) electrons. The molecule has 0 unspecified atom stereocenters. The standard InChI is InChI=1S/C15H25NOS/c1-14(2)13(15(14,3)4)9-16-8-11-6-7-12(17-11)10-18-5/h6-7,13,16H,8-10H2,1-5H3. The predicted molar refractivity (Wildman–Crippen MR) is 78.7 cm³/mol. The summed E-state index contributed by atoms with van der Waals surface area (Å²) in [6, 6.07) is 4.17. The summed E-state index contributed by atoms with van der Waals surface area (Å²) in [4.78, 5) is 0. The highest BCUT2D eigenvalue weighted by Gasteiger charge is 2.63. The van der Waals surface area contributed by atoms with Crippen molar-refractivity contribution in [2.75, 3.05) is 12.8 Å². The molecule has 3 heteroatoms. The first-order valence-corrected chi connectivity index (χ1v) is 8.06. The number of furan rings is 1. The molecule has 1 N–H and O–H groups in total. The van der Waals surface area contributed by atoms with Crippen LogP contribution in [0.25, 0.3) is 0 Å². The maximum Gasteiger partial charge on any atom is 0.117 e. The molecule has 1 aliphatic carbocycles. The quantitative estimate of drug-likeness (QED) is 0.846. The number of hydrogen-bond acceptors (Lipinski definition) is 3. The molecule has 1 aromatic rings. The van der Waals surface area contributed by atoms with Gasteiger partial charge in [0.15, 0.2) is 0 Å². The molecule has 1 fully saturated rings. The van der Waals surface area contributed by atoms with Crippen LogP contribution in [0.1, 0.15) is 39.2 Å². The van der Waals surface area contributed by atoms with E-state index < -0.39 is 0 Å². The Labute approximate surface area is 115 Å². The second-order valence-electron chi connectivity index (χ2n) is 6.43. The first kappa shape index (κ1) is 14.0. The summed E-state index contributed by atoms with van der Waals surface area (Å²) in [7, 11) is 0. The van der Waals surface area contributed by atoms with Crippen LogP contribution in [0.4, 0.5) is 0 Å². The molecule has 0 bridgehead atoms. The van der Waals surface area contributed by atoms with Gasteiger partial charge in [-0.3, -0.25) is 0 Å². The van der Waals surface area contributed by atoms with Crippen LogP contribution in [0, 0.1) is 16.7 Å². The maximum absolute atomic E-state index is 5.75. The zero-order valence-electron chi connectivity index (χ0n) is 12.2. The Bertz CT molecular complexity index is 394. The van der Waals surface area contributed by atoms with E-state index in [2.05, 4.69) is 51.4 Å². The molecular formula is C15H25NOS. The van der Waals surface area contributed by atoms with Crippen molar-refractivity contribution in [2.24, 2.45) is 16.7 Å². The number of thioether (sulfide) groups is 1. The van der Waals surface area contributed by atoms with E-state index in [0.717, 1.165) is 36.3 Å². The molecule has 1 heterocycles. The summed E-state index contributed by atoms with van der Waals surface area (Å²) in [5, 5.41) is 3.53. The summed E-state index contributed by atoms with van der Waals surface area (Å²) in [6.07, 6.45) is 2.09. The number of nitrogens with one attached hydrogen (secondary N) is 1. The average Bonchev–Trinajstić information content (AvgIpc) is 2.67. The van der Waals surface area contributed by atoms with Crippen LogP contribution < -0.4 is 5.32 Å². The van der Waals surface area contributed by atoms with Crippen molar-refractivity contribution in [3.8, 4) is 0 Å². The lowest BCUT2D eigenvalue weighted by molar-refractivity contribution is 0.445. The van der Waals surface area contributed by atoms with E-state index in [9.17, 15) is 0 Å². The van der Waals surface area contributed by atoms with Crippen LogP contribution in [0.3, 0.4) is 0 Å². The predicted octanol–water partition coefficient (Wildman–Crippen LogP) is 3.91. The lowest BCUT2D eigenvalue weighted by Crippen LogP contribution is -2.18. The SMILES string of the molecule is CSCc1ccc(CNCC2C(C)(C)C2(C)C)o1. The second-order valence-corrected chi connectivity index (χ2v) is 7.29. The lowest BCUT2D eigenvalue weighted by atomic mass is 10.0. The van der Waals surface area contributed by atoms with Crippen LogP contribution in [-0.4, -0.2) is 12.8 Å². The molecule has 0 saturated heterocycles. The van der Waals surface area contributed by atoms with Gasteiger partial charge in [0.25, 0.3) is 0 Å². The first-order valence-electron chi connectivity index (χ1n) is 6.67. The third-order valence-corrected chi connectivity index (χ3v) is 5.54. The molecule has 2 rings (SSSR count). The van der Waals surface area contributed by atoms with Gasteiger partial charge in [0, 0.05) is 0 Å². The smallest absolute Gasteiger partial charge is 0.117 e. The largest absolute Gasteiger partial charge is 0.464 e. The fourth-order valence-corrected chi connectivity index (χ4v) is 3.36. The molecule has 1 saturated carbocycles. The van der Waals surface area contributed by atoms with E-state index in [4.69, 9.17) is 4.42 Å². The third kappa shape index (κ3) is 2.48. The molecule has 0 aromatic carbocycles. The van der Waals surface area contributed by atoms with Gasteiger partial charge in [0.2, 0.25) is 0 Å². The number of rotatable bonds is 6. The van der Waals surface area contributed by atoms with Crippen LogP contribution in [0.5, 0.6) is 0 Å². The monoisotopic (exact) mass is 267 g/mol. The van der Waals surface area contributed by atoms with Crippen molar-refractivity contribution >= 4 is 11.8 Å². The molecule has 0 spiro atoms. The Balaban J connectivity index is 1.76. The Morgan fingerprint density at radius 3 is 2.33 bits per heavy atom. The minimum Gasteiger partial charge on any atom is -0.464 e. The minimum absolute atomic E-state index is 0.465. The summed E-state index contributed by atoms with van der Waals surface area (Å²) in [5.41, 5.74) is 0.931. The molecule has 0 aliphatic heterocycles. The fraction of sp³-hybridized carbons (Fsp3) is 0.733. The van der Waals surface area contributed by atoms with E-state index in [1.807, 2.05) is 0 Å². The van der Waals surface area contributed by atoms with Gasteiger partial charge < -0.3 is 9.73 Å². The highest BCUT2D eigenvalue weighted by molar-refractivity contribution is 7.97. The zero-order chi connectivity index (χ0) is 13.4. The summed E-state index contributed by atoms with van der Waals surface area (Å²) >= 11 is 1.79. The molecule has 2 nitrogen and oxygen atoms in total. The van der Waals surface area contributed by atoms with Gasteiger partial charge in [-0.15, -0.1) is 0 Å². The van der Waals surface area contributed by atoms with Gasteiger partial charge in [-0.2, -0.15) is 11.8 Å². The molecule has 102 valence electrons. The van der Waals surface area contributed by atoms with Crippen molar-refractivity contribution in [1.29, 1.82) is 0 Å². The van der Waals surface area contributed by atoms with Crippen molar-refractivity contribution in [3.05, 3.63) is 23.7 Å². The van der Waals surface area contributed by atoms with Gasteiger partial charge in [0.1, 0.15) is 11.5 Å². The van der Waals surface area contributed by atoms with Crippen molar-refractivity contribution in [3.63, 3.8) is 0 Å². The van der Waals surface area contributed by atoms with Gasteiger partial charge in [-0.05, 0) is 41.7 Å².